The highest BCUT2D eigenvalue weighted by Crippen LogP contribution is 2.26. The largest absolute Gasteiger partial charge is 0.459 e. The molecule has 1 heterocycles. The molecule has 140 valence electrons. The summed E-state index contributed by atoms with van der Waals surface area (Å²) in [6, 6.07) is 16.2. The molecule has 3 aromatic rings. The number of halogens is 1. The molecule has 2 amide bonds. The van der Waals surface area contributed by atoms with Crippen molar-refractivity contribution in [3.8, 4) is 0 Å². The zero-order valence-electron chi connectivity index (χ0n) is 15.0. The Morgan fingerprint density at radius 3 is 2.48 bits per heavy atom. The number of fused-ring (bicyclic) bond motifs is 1. The molecular weight excluding hydrogens is 366 g/mol. The quantitative estimate of drug-likeness (QED) is 0.660. The Labute approximate surface area is 162 Å². The Bertz CT molecular complexity index is 935. The number of nitrogens with zero attached hydrogens (tertiary/aromatic N) is 1. The number of carbonyl (C=O) groups is 2. The first-order valence-corrected chi connectivity index (χ1v) is 8.82. The van der Waals surface area contributed by atoms with E-state index in [0.29, 0.717) is 16.5 Å². The first kappa shape index (κ1) is 18.9. The van der Waals surface area contributed by atoms with E-state index in [1.165, 1.54) is 0 Å². The summed E-state index contributed by atoms with van der Waals surface area (Å²) in [7, 11) is 3.77. The second kappa shape index (κ2) is 8.24. The van der Waals surface area contributed by atoms with Crippen LogP contribution in [-0.4, -0.2) is 37.4 Å². The van der Waals surface area contributed by atoms with Crippen molar-refractivity contribution >= 4 is 40.1 Å². The smallest absolute Gasteiger partial charge is 0.313 e. The van der Waals surface area contributed by atoms with E-state index in [1.54, 1.807) is 24.3 Å². The zero-order chi connectivity index (χ0) is 19.4. The lowest BCUT2D eigenvalue weighted by Gasteiger charge is -2.22. The van der Waals surface area contributed by atoms with Crippen molar-refractivity contribution in [1.29, 1.82) is 0 Å². The monoisotopic (exact) mass is 385 g/mol. The van der Waals surface area contributed by atoms with Gasteiger partial charge >= 0.3 is 11.8 Å². The molecule has 0 radical (unpaired) electrons. The van der Waals surface area contributed by atoms with Crippen molar-refractivity contribution < 1.29 is 14.0 Å². The van der Waals surface area contributed by atoms with Crippen LogP contribution in [0.15, 0.2) is 59.0 Å². The van der Waals surface area contributed by atoms with E-state index in [1.807, 2.05) is 49.3 Å². The van der Waals surface area contributed by atoms with Gasteiger partial charge in [-0.1, -0.05) is 41.9 Å². The van der Waals surface area contributed by atoms with Crippen LogP contribution < -0.4 is 10.6 Å². The summed E-state index contributed by atoms with van der Waals surface area (Å²) in [5.41, 5.74) is 1.17. The van der Waals surface area contributed by atoms with E-state index in [9.17, 15) is 9.59 Å². The third kappa shape index (κ3) is 4.48. The van der Waals surface area contributed by atoms with E-state index in [2.05, 4.69) is 10.6 Å². The zero-order valence-corrected chi connectivity index (χ0v) is 15.8. The standard InChI is InChI=1S/C20H20ClN3O3/c1-24(2)16(18-11-13-7-3-6-10-17(13)27-18)12-22-19(25)20(26)23-15-9-5-4-8-14(15)21/h3-11,16H,12H2,1-2H3,(H,22,25)(H,23,26)/t16-/m0/s1. The number of benzene rings is 2. The van der Waals surface area contributed by atoms with Crippen molar-refractivity contribution in [2.45, 2.75) is 6.04 Å². The molecule has 2 N–H and O–H groups in total. The fourth-order valence-corrected chi connectivity index (χ4v) is 2.90. The Morgan fingerprint density at radius 1 is 1.07 bits per heavy atom. The summed E-state index contributed by atoms with van der Waals surface area (Å²) in [6.07, 6.45) is 0. The molecular formula is C20H20ClN3O3. The fraction of sp³-hybridized carbons (Fsp3) is 0.200. The van der Waals surface area contributed by atoms with Crippen LogP contribution in [0.25, 0.3) is 11.0 Å². The van der Waals surface area contributed by atoms with Gasteiger partial charge in [-0.25, -0.2) is 0 Å². The van der Waals surface area contributed by atoms with E-state index in [4.69, 9.17) is 16.0 Å². The van der Waals surface area contributed by atoms with E-state index in [0.717, 1.165) is 11.0 Å². The maximum Gasteiger partial charge on any atom is 0.313 e. The predicted octanol–water partition coefficient (Wildman–Crippen LogP) is 3.44. The molecule has 0 aliphatic heterocycles. The van der Waals surface area contributed by atoms with E-state index < -0.39 is 11.8 Å². The highest BCUT2D eigenvalue weighted by atomic mass is 35.5. The van der Waals surface area contributed by atoms with Crippen LogP contribution in [0, 0.1) is 0 Å². The number of carbonyl (C=O) groups excluding carboxylic acids is 2. The highest BCUT2D eigenvalue weighted by molar-refractivity contribution is 6.41. The molecule has 0 saturated carbocycles. The lowest BCUT2D eigenvalue weighted by molar-refractivity contribution is -0.136. The van der Waals surface area contributed by atoms with Gasteiger partial charge in [0.05, 0.1) is 16.8 Å². The maximum absolute atomic E-state index is 12.2. The molecule has 1 aromatic heterocycles. The first-order chi connectivity index (χ1) is 13.0. The molecule has 0 fully saturated rings. The topological polar surface area (TPSA) is 74.6 Å². The SMILES string of the molecule is CN(C)[C@@H](CNC(=O)C(=O)Nc1ccccc1Cl)c1cc2ccccc2o1. The van der Waals surface area contributed by atoms with Gasteiger partial charge in [-0.2, -0.15) is 0 Å². The molecule has 2 aromatic carbocycles. The third-order valence-corrected chi connectivity index (χ3v) is 4.51. The van der Waals surface area contributed by atoms with Gasteiger partial charge in [0.25, 0.3) is 0 Å². The number of likely N-dealkylation sites (N-methyl/N-ethyl adjacent to an activating group) is 1. The number of amides is 2. The first-order valence-electron chi connectivity index (χ1n) is 8.44. The van der Waals surface area contributed by atoms with Crippen LogP contribution in [-0.2, 0) is 9.59 Å². The van der Waals surface area contributed by atoms with Crippen molar-refractivity contribution in [1.82, 2.24) is 10.2 Å². The number of nitrogens with one attached hydrogen (secondary N) is 2. The normalized spacial score (nSPS) is 12.1. The summed E-state index contributed by atoms with van der Waals surface area (Å²) < 4.78 is 5.88. The van der Waals surface area contributed by atoms with Crippen LogP contribution in [0.5, 0.6) is 0 Å². The molecule has 0 saturated heterocycles. The van der Waals surface area contributed by atoms with Gasteiger partial charge in [0, 0.05) is 11.9 Å². The molecule has 0 aliphatic rings. The predicted molar refractivity (Wildman–Crippen MR) is 106 cm³/mol. The number of hydrogen-bond acceptors (Lipinski definition) is 4. The van der Waals surface area contributed by atoms with Crippen molar-refractivity contribution in [2.24, 2.45) is 0 Å². The van der Waals surface area contributed by atoms with E-state index in [-0.39, 0.29) is 12.6 Å². The van der Waals surface area contributed by atoms with Crippen LogP contribution in [0.4, 0.5) is 5.69 Å². The summed E-state index contributed by atoms with van der Waals surface area (Å²) in [6.45, 7) is 0.224. The molecule has 1 atom stereocenters. The fourth-order valence-electron chi connectivity index (χ4n) is 2.72. The summed E-state index contributed by atoms with van der Waals surface area (Å²) in [4.78, 5) is 26.2. The molecule has 0 unspecified atom stereocenters. The van der Waals surface area contributed by atoms with E-state index >= 15 is 0 Å². The number of rotatable bonds is 5. The second-order valence-corrected chi connectivity index (χ2v) is 6.72. The molecule has 7 heteroatoms. The Morgan fingerprint density at radius 2 is 1.78 bits per heavy atom. The second-order valence-electron chi connectivity index (χ2n) is 6.31. The number of para-hydroxylation sites is 2. The van der Waals surface area contributed by atoms with Crippen LogP contribution >= 0.6 is 11.6 Å². The molecule has 6 nitrogen and oxygen atoms in total. The number of hydrogen-bond donors (Lipinski definition) is 2. The van der Waals surface area contributed by atoms with Crippen molar-refractivity contribution in [3.63, 3.8) is 0 Å². The minimum Gasteiger partial charge on any atom is -0.459 e. The molecule has 0 aliphatic carbocycles. The Kier molecular flexibility index (Phi) is 5.78. The van der Waals surface area contributed by atoms with Crippen LogP contribution in [0.3, 0.4) is 0 Å². The molecule has 3 rings (SSSR count). The summed E-state index contributed by atoms with van der Waals surface area (Å²) >= 11 is 6.00. The number of furan rings is 1. The van der Waals surface area contributed by atoms with Crippen LogP contribution in [0.1, 0.15) is 11.8 Å². The van der Waals surface area contributed by atoms with Gasteiger partial charge in [-0.3, -0.25) is 14.5 Å². The average Bonchev–Trinajstić information content (AvgIpc) is 3.06. The third-order valence-electron chi connectivity index (χ3n) is 4.18. The summed E-state index contributed by atoms with van der Waals surface area (Å²) in [5.74, 6) is -0.795. The van der Waals surface area contributed by atoms with Gasteiger partial charge in [0.1, 0.15) is 11.3 Å². The Balaban J connectivity index is 1.66. The van der Waals surface area contributed by atoms with Crippen molar-refractivity contribution in [2.75, 3.05) is 26.0 Å². The van der Waals surface area contributed by atoms with Crippen LogP contribution in [0.2, 0.25) is 5.02 Å². The van der Waals surface area contributed by atoms with Gasteiger partial charge in [0.2, 0.25) is 0 Å². The summed E-state index contributed by atoms with van der Waals surface area (Å²) in [5, 5.41) is 6.51. The minimum atomic E-state index is -0.773. The average molecular weight is 386 g/mol. The Hall–Kier alpha value is -2.83. The van der Waals surface area contributed by atoms with Gasteiger partial charge in [-0.05, 0) is 38.4 Å². The maximum atomic E-state index is 12.2. The van der Waals surface area contributed by atoms with Crippen molar-refractivity contribution in [3.05, 3.63) is 65.4 Å². The van der Waals surface area contributed by atoms with Gasteiger partial charge in [-0.15, -0.1) is 0 Å². The minimum absolute atomic E-state index is 0.213. The van der Waals surface area contributed by atoms with Gasteiger partial charge < -0.3 is 15.1 Å². The molecule has 0 bridgehead atoms. The molecule has 0 spiro atoms. The lowest BCUT2D eigenvalue weighted by Crippen LogP contribution is -2.40. The highest BCUT2D eigenvalue weighted by Gasteiger charge is 2.22. The lowest BCUT2D eigenvalue weighted by atomic mass is 10.2. The number of anilines is 1. The van der Waals surface area contributed by atoms with Gasteiger partial charge in [0.15, 0.2) is 0 Å². The molecule has 27 heavy (non-hydrogen) atoms.